The van der Waals surface area contributed by atoms with Gasteiger partial charge in [0.1, 0.15) is 48.3 Å². The van der Waals surface area contributed by atoms with Crippen LogP contribution in [0.15, 0.2) is 30.3 Å². The second-order valence-corrected chi connectivity index (χ2v) is 18.4. The summed E-state index contributed by atoms with van der Waals surface area (Å²) in [7, 11) is 0. The fourth-order valence-electron chi connectivity index (χ4n) is 7.36. The summed E-state index contributed by atoms with van der Waals surface area (Å²) >= 11 is 0. The Kier molecular flexibility index (Phi) is 23.5. The molecule has 17 heteroatoms. The highest BCUT2D eigenvalue weighted by Crippen LogP contribution is 2.16. The van der Waals surface area contributed by atoms with Gasteiger partial charge in [-0.1, -0.05) is 119 Å². The van der Waals surface area contributed by atoms with Crippen molar-refractivity contribution in [3.8, 4) is 0 Å². The van der Waals surface area contributed by atoms with Gasteiger partial charge in [0.25, 0.3) is 0 Å². The van der Waals surface area contributed by atoms with Gasteiger partial charge in [0.2, 0.25) is 47.3 Å². The van der Waals surface area contributed by atoms with Crippen LogP contribution in [0.3, 0.4) is 0 Å². The van der Waals surface area contributed by atoms with E-state index in [1.165, 1.54) is 6.92 Å². The van der Waals surface area contributed by atoms with E-state index in [0.29, 0.717) is 38.6 Å². The summed E-state index contributed by atoms with van der Waals surface area (Å²) in [6.07, 6.45) is 2.86. The second-order valence-electron chi connectivity index (χ2n) is 18.4. The highest BCUT2D eigenvalue weighted by molar-refractivity contribution is 5.99. The first-order chi connectivity index (χ1) is 30.2. The molecule has 1 heterocycles. The predicted octanol–water partition coefficient (Wildman–Crippen LogP) is 2.11. The van der Waals surface area contributed by atoms with E-state index in [1.807, 2.05) is 40.7 Å². The zero-order valence-corrected chi connectivity index (χ0v) is 40.1. The predicted molar refractivity (Wildman–Crippen MR) is 247 cm³/mol. The lowest BCUT2D eigenvalue weighted by Crippen LogP contribution is -2.63. The fourth-order valence-corrected chi connectivity index (χ4v) is 7.36. The van der Waals surface area contributed by atoms with Crippen molar-refractivity contribution in [2.24, 2.45) is 35.3 Å². The number of carbonyl (C=O) groups excluding carboxylic acids is 8. The van der Waals surface area contributed by atoms with Gasteiger partial charge in [0.15, 0.2) is 0 Å². The SMILES string of the molecule is CC[C@@H](C)[C@H]1NC(=O)[C@H]([C@@H](C)CC)NC(=O)[C@@H](C)NC(=O)[C@H](C(C)C)NC(=O)[C@@H](CC(C)C)NC(=O)[C@@H](Cc2ccccc2)NC(=O)[C@@H]([C@@H](C)CC)NC(=O)[C@@H](CCCCN)NC1=O. The number of amides is 8. The maximum atomic E-state index is 14.4. The van der Waals surface area contributed by atoms with Gasteiger partial charge in [-0.3, -0.25) is 38.4 Å². The van der Waals surface area contributed by atoms with Crippen LogP contribution in [0.1, 0.15) is 127 Å². The normalized spacial score (nSPS) is 26.8. The van der Waals surface area contributed by atoms with Crippen LogP contribution in [0.4, 0.5) is 0 Å². The average Bonchev–Trinajstić information content (AvgIpc) is 3.25. The molecule has 1 aliphatic rings. The molecule has 0 unspecified atom stereocenters. The molecule has 0 radical (unpaired) electrons. The molecule has 17 nitrogen and oxygen atoms in total. The molecule has 10 N–H and O–H groups in total. The fraction of sp³-hybridized carbons (Fsp3) is 0.702. The summed E-state index contributed by atoms with van der Waals surface area (Å²) in [6.45, 7) is 20.0. The summed E-state index contributed by atoms with van der Waals surface area (Å²) in [5, 5.41) is 22.5. The Labute approximate surface area is 380 Å². The largest absolute Gasteiger partial charge is 0.343 e. The van der Waals surface area contributed by atoms with Gasteiger partial charge in [-0.15, -0.1) is 0 Å². The summed E-state index contributed by atoms with van der Waals surface area (Å²) < 4.78 is 0. The third-order valence-corrected chi connectivity index (χ3v) is 12.2. The topological polar surface area (TPSA) is 259 Å². The van der Waals surface area contributed by atoms with Crippen LogP contribution in [0.25, 0.3) is 0 Å². The van der Waals surface area contributed by atoms with Crippen LogP contribution in [0, 0.1) is 29.6 Å². The first-order valence-electron chi connectivity index (χ1n) is 23.4. The molecule has 0 spiro atoms. The lowest BCUT2D eigenvalue weighted by atomic mass is 9.94. The molecule has 8 amide bonds. The number of unbranched alkanes of at least 4 members (excludes halogenated alkanes) is 1. The number of rotatable bonds is 15. The van der Waals surface area contributed by atoms with Gasteiger partial charge in [-0.25, -0.2) is 0 Å². The summed E-state index contributed by atoms with van der Waals surface area (Å²) in [4.78, 5) is 113. The first-order valence-corrected chi connectivity index (χ1v) is 23.4. The molecular formula is C47H79N9O8. The van der Waals surface area contributed by atoms with Crippen LogP contribution in [0.5, 0.6) is 0 Å². The van der Waals surface area contributed by atoms with Crippen LogP contribution >= 0.6 is 0 Å². The van der Waals surface area contributed by atoms with E-state index in [1.54, 1.807) is 58.9 Å². The molecule has 64 heavy (non-hydrogen) atoms. The number of nitrogens with one attached hydrogen (secondary N) is 8. The van der Waals surface area contributed by atoms with Crippen LogP contribution < -0.4 is 48.3 Å². The molecule has 11 atom stereocenters. The second kappa shape index (κ2) is 27.3. The molecule has 0 aromatic heterocycles. The molecule has 0 aliphatic carbocycles. The van der Waals surface area contributed by atoms with E-state index >= 15 is 0 Å². The van der Waals surface area contributed by atoms with E-state index in [9.17, 15) is 38.4 Å². The molecule has 0 saturated carbocycles. The smallest absolute Gasteiger partial charge is 0.243 e. The first kappa shape index (κ1) is 55.1. The van der Waals surface area contributed by atoms with Crippen LogP contribution in [-0.2, 0) is 44.8 Å². The van der Waals surface area contributed by atoms with Crippen molar-refractivity contribution in [2.45, 2.75) is 176 Å². The Bertz CT molecular complexity index is 1710. The molecule has 1 aromatic carbocycles. The molecule has 0 bridgehead atoms. The van der Waals surface area contributed by atoms with E-state index in [4.69, 9.17) is 5.73 Å². The Hall–Kier alpha value is -5.06. The lowest BCUT2D eigenvalue weighted by molar-refractivity contribution is -0.138. The third-order valence-electron chi connectivity index (χ3n) is 12.2. The van der Waals surface area contributed by atoms with Crippen LogP contribution in [0.2, 0.25) is 0 Å². The molecule has 1 aromatic rings. The van der Waals surface area contributed by atoms with E-state index < -0.39 is 119 Å². The molecule has 1 saturated heterocycles. The molecule has 1 fully saturated rings. The van der Waals surface area contributed by atoms with Crippen LogP contribution in [-0.4, -0.2) is 102 Å². The van der Waals surface area contributed by atoms with Gasteiger partial charge >= 0.3 is 0 Å². The Morgan fingerprint density at radius 1 is 0.484 bits per heavy atom. The number of carbonyl (C=O) groups is 8. The minimum Gasteiger partial charge on any atom is -0.343 e. The average molecular weight is 898 g/mol. The Morgan fingerprint density at radius 3 is 1.38 bits per heavy atom. The van der Waals surface area contributed by atoms with Crippen molar-refractivity contribution >= 4 is 47.3 Å². The quantitative estimate of drug-likeness (QED) is 0.117. The van der Waals surface area contributed by atoms with Crippen molar-refractivity contribution in [2.75, 3.05) is 6.54 Å². The van der Waals surface area contributed by atoms with Gasteiger partial charge < -0.3 is 48.3 Å². The minimum atomic E-state index is -1.20. The Balaban J connectivity index is 2.79. The monoisotopic (exact) mass is 898 g/mol. The van der Waals surface area contributed by atoms with E-state index in [2.05, 4.69) is 42.5 Å². The molecule has 360 valence electrons. The standard InChI is InChI=1S/C47H79N9O8/c1-12-28(8)37-46(63)52-35(25-32-20-16-15-17-21-32)42(59)51-34(24-26(4)5)43(60)53-36(27(6)7)44(61)49-31(11)40(57)54-39(30(10)14-3)47(64)56-38(29(9)13-2)45(62)50-33(41(58)55-37)22-18-19-23-48/h15-17,20-21,26-31,33-39H,12-14,18-19,22-25,48H2,1-11H3,(H,49,61)(H,50,62)(H,51,59)(H,52,63)(H,53,60)(H,54,57)(H,55,58)(H,56,64)/t28-,29+,30-,31+,33+,34+,35+,36-,37+,38+,39-/m0/s1. The number of nitrogens with two attached hydrogens (primary N) is 1. The maximum absolute atomic E-state index is 14.4. The zero-order chi connectivity index (χ0) is 48.3. The van der Waals surface area contributed by atoms with Crippen molar-refractivity contribution in [1.82, 2.24) is 42.5 Å². The third kappa shape index (κ3) is 17.1. The molecule has 1 aliphatic heterocycles. The van der Waals surface area contributed by atoms with E-state index in [-0.39, 0.29) is 25.2 Å². The van der Waals surface area contributed by atoms with Gasteiger partial charge in [0, 0.05) is 6.42 Å². The summed E-state index contributed by atoms with van der Waals surface area (Å²) in [6, 6.07) is -0.0612. The van der Waals surface area contributed by atoms with Crippen molar-refractivity contribution in [1.29, 1.82) is 0 Å². The van der Waals surface area contributed by atoms with Crippen molar-refractivity contribution in [3.05, 3.63) is 35.9 Å². The zero-order valence-electron chi connectivity index (χ0n) is 40.1. The van der Waals surface area contributed by atoms with Crippen molar-refractivity contribution in [3.63, 3.8) is 0 Å². The highest BCUT2D eigenvalue weighted by Gasteiger charge is 2.38. The summed E-state index contributed by atoms with van der Waals surface area (Å²) in [5.41, 5.74) is 6.52. The van der Waals surface area contributed by atoms with Gasteiger partial charge in [0.05, 0.1) is 0 Å². The maximum Gasteiger partial charge on any atom is 0.243 e. The molecule has 2 rings (SSSR count). The van der Waals surface area contributed by atoms with Gasteiger partial charge in [-0.2, -0.15) is 0 Å². The minimum absolute atomic E-state index is 0.0466. The number of benzene rings is 1. The Morgan fingerprint density at radius 2 is 0.891 bits per heavy atom. The lowest BCUT2D eigenvalue weighted by Gasteiger charge is -2.32. The van der Waals surface area contributed by atoms with Crippen molar-refractivity contribution < 1.29 is 38.4 Å². The van der Waals surface area contributed by atoms with E-state index in [0.717, 1.165) is 5.56 Å². The highest BCUT2D eigenvalue weighted by atomic mass is 16.2. The van der Waals surface area contributed by atoms with Gasteiger partial charge in [-0.05, 0) is 74.3 Å². The number of hydrogen-bond donors (Lipinski definition) is 9. The number of hydrogen-bond acceptors (Lipinski definition) is 9. The molecular weight excluding hydrogens is 819 g/mol. The summed E-state index contributed by atoms with van der Waals surface area (Å²) in [5.74, 6) is -6.88.